The molecule has 0 bridgehead atoms. The maximum atomic E-state index is 13.9. The van der Waals surface area contributed by atoms with Crippen molar-refractivity contribution in [1.29, 1.82) is 0 Å². The number of carbonyl (C=O) groups is 9. The molecule has 15 N–H and O–H groups in total. The minimum absolute atomic E-state index is 0. The quantitative estimate of drug-likeness (QED) is 0.00588. The van der Waals surface area contributed by atoms with Crippen molar-refractivity contribution < 1.29 is 149 Å². The van der Waals surface area contributed by atoms with Gasteiger partial charge >= 0.3 is 87.2 Å². The second-order valence-corrected chi connectivity index (χ2v) is 17.7. The Hall–Kier alpha value is -8.02. The Bertz CT molecular complexity index is 2770. The summed E-state index contributed by atoms with van der Waals surface area (Å²) in [6.45, 7) is 12.0. The summed E-state index contributed by atoms with van der Waals surface area (Å²) in [5, 5.41) is 30.3. The van der Waals surface area contributed by atoms with E-state index in [1.165, 1.54) is 26.8 Å². The van der Waals surface area contributed by atoms with Gasteiger partial charge < -0.3 is 106 Å². The number of nitrogens with two attached hydrogens (primary N) is 4. The molecule has 94 heavy (non-hydrogen) atoms. The average molecular weight is 1450 g/mol. The number of aliphatic hydroxyl groups is 1. The molecule has 0 aliphatic rings. The van der Waals surface area contributed by atoms with Crippen LogP contribution >= 0.6 is 35.6 Å². The first-order valence-corrected chi connectivity index (χ1v) is 25.7. The van der Waals surface area contributed by atoms with Crippen molar-refractivity contribution in [2.24, 2.45) is 22.9 Å². The number of alkyl halides is 8. The normalized spacial score (nSPS) is 12.8. The van der Waals surface area contributed by atoms with Gasteiger partial charge in [-0.25, -0.2) is 78.3 Å². The number of carbonyl (C=O) groups excluding carboxylic acids is 7. The summed E-state index contributed by atoms with van der Waals surface area (Å²) in [6, 6.07) is 0. The van der Waals surface area contributed by atoms with E-state index in [0.717, 1.165) is 21.3 Å². The molecule has 2 rings (SSSR count). The Balaban J connectivity index is -0.000000217. The summed E-state index contributed by atoms with van der Waals surface area (Å²) < 4.78 is 163. The van der Waals surface area contributed by atoms with Gasteiger partial charge in [0.2, 0.25) is 5.54 Å². The number of hydrogen-bond acceptors (Lipinski definition) is 26. The monoisotopic (exact) mass is 1450 g/mol. The number of aliphatic carboxylic acids is 1. The Morgan fingerprint density at radius 1 is 0.596 bits per heavy atom. The van der Waals surface area contributed by atoms with E-state index in [-0.39, 0.29) is 120 Å². The molecule has 0 aliphatic heterocycles. The van der Waals surface area contributed by atoms with Gasteiger partial charge in [0.1, 0.15) is 5.76 Å². The molecule has 0 radical (unpaired) electrons. The number of nitrogens with one attached hydrogen (secondary N) is 4. The van der Waals surface area contributed by atoms with Crippen molar-refractivity contribution in [2.45, 2.75) is 141 Å². The van der Waals surface area contributed by atoms with Crippen LogP contribution in [0.25, 0.3) is 0 Å². The van der Waals surface area contributed by atoms with Crippen LogP contribution in [0, 0.1) is 27.1 Å². The number of hydrogen-bond donors (Lipinski definition) is 11. The topological polar surface area (TPSA) is 548 Å². The molecule has 0 saturated heterocycles. The van der Waals surface area contributed by atoms with Crippen LogP contribution < -0.4 is 55.8 Å². The van der Waals surface area contributed by atoms with E-state index in [1.54, 1.807) is 10.6 Å². The summed E-state index contributed by atoms with van der Waals surface area (Å²) in [5.41, 5.74) is 10.3. The van der Waals surface area contributed by atoms with Crippen molar-refractivity contribution in [3.05, 3.63) is 69.4 Å². The number of amides is 4. The van der Waals surface area contributed by atoms with E-state index in [9.17, 15) is 87.9 Å². The Morgan fingerprint density at radius 2 is 0.968 bits per heavy atom. The first-order valence-electron chi connectivity index (χ1n) is 25.0. The molecule has 4 atom stereocenters. The molecule has 0 saturated carbocycles. The molecule has 0 aromatic carbocycles. The molecule has 0 fully saturated rings. The molecule has 2 heterocycles. The summed E-state index contributed by atoms with van der Waals surface area (Å²) in [7, 11) is 2.77. The number of methoxy groups -OCH3 is 3. The Labute approximate surface area is 544 Å². The number of alkyl carbamates (subject to hydrolysis) is 2. The predicted molar refractivity (Wildman–Crippen MR) is 303 cm³/mol. The van der Waals surface area contributed by atoms with Crippen LogP contribution in [0.3, 0.4) is 0 Å². The van der Waals surface area contributed by atoms with Crippen LogP contribution in [0.5, 0.6) is 0 Å². The molecule has 4 amide bonds. The Kier molecular flexibility index (Phi) is 56.5. The van der Waals surface area contributed by atoms with Gasteiger partial charge in [-0.15, -0.1) is 12.4 Å². The molecule has 2 aromatic heterocycles. The van der Waals surface area contributed by atoms with Gasteiger partial charge in [-0.05, 0) is 115 Å². The fourth-order valence-corrected chi connectivity index (χ4v) is 6.29. The molecular formula is C49H73Cl3F8N8O26. The van der Waals surface area contributed by atoms with Crippen LogP contribution in [-0.4, -0.2) is 170 Å². The fraction of sp³-hybridized carbons (Fsp3) is 0.612. The van der Waals surface area contributed by atoms with Crippen molar-refractivity contribution in [3.63, 3.8) is 0 Å². The zero-order chi connectivity index (χ0) is 72.8. The third kappa shape index (κ3) is 38.2. The molecule has 45 heteroatoms. The average Bonchev–Trinajstić information content (AvgIpc) is 1.13. The van der Waals surface area contributed by atoms with Crippen LogP contribution in [0.4, 0.5) is 59.1 Å². The van der Waals surface area contributed by atoms with Crippen molar-refractivity contribution in [3.8, 4) is 0 Å². The van der Waals surface area contributed by atoms with Gasteiger partial charge in [0.05, 0.1) is 27.9 Å². The first kappa shape index (κ1) is 99.5. The van der Waals surface area contributed by atoms with Gasteiger partial charge in [-0.1, -0.05) is 7.43 Å². The van der Waals surface area contributed by atoms with E-state index in [4.69, 9.17) is 80.2 Å². The molecule has 4 unspecified atom stereocenters. The summed E-state index contributed by atoms with van der Waals surface area (Å²) in [5.74, 6) is -7.44. The van der Waals surface area contributed by atoms with Gasteiger partial charge in [0.25, 0.3) is 25.7 Å². The van der Waals surface area contributed by atoms with Gasteiger partial charge in [-0.2, -0.15) is 0 Å². The Morgan fingerprint density at radius 3 is 1.27 bits per heavy atom. The zero-order valence-electron chi connectivity index (χ0n) is 49.7. The van der Waals surface area contributed by atoms with Crippen LogP contribution in [0.2, 0.25) is 0 Å². The number of esters is 3. The number of ether oxygens (including phenoxy) is 6. The van der Waals surface area contributed by atoms with Gasteiger partial charge in [0, 0.05) is 13.1 Å². The number of rotatable bonds is 30. The zero-order valence-corrected chi connectivity index (χ0v) is 52.1. The second-order valence-electron chi connectivity index (χ2n) is 17.0. The van der Waals surface area contributed by atoms with Crippen LogP contribution in [0.15, 0.2) is 39.1 Å². The van der Waals surface area contributed by atoms with E-state index in [1.807, 2.05) is 0 Å². The molecule has 2 aromatic rings. The molecule has 34 nitrogen and oxygen atoms in total. The fourth-order valence-electron chi connectivity index (χ4n) is 6.03. The summed E-state index contributed by atoms with van der Waals surface area (Å²) in [4.78, 5) is 122. The van der Waals surface area contributed by atoms with Crippen LogP contribution in [-0.2, 0) is 70.1 Å². The minimum atomic E-state index is -3.42. The number of aliphatic hydroxyl groups excluding tert-OH is 1. The van der Waals surface area contributed by atoms with E-state index in [0.29, 0.717) is 0 Å². The van der Waals surface area contributed by atoms with Crippen LogP contribution in [0.1, 0.15) is 88.8 Å². The van der Waals surface area contributed by atoms with Gasteiger partial charge in [-0.3, -0.25) is 9.59 Å². The summed E-state index contributed by atoms with van der Waals surface area (Å²) in [6.07, 6.45) is -16.6. The predicted octanol–water partition coefficient (Wildman–Crippen LogP) is 4.54. The number of aryl methyl sites for hydroxylation is 2. The number of carboxylic acids is 1. The first-order chi connectivity index (χ1) is 42.8. The standard InChI is InChI=1S/C19H22F2N2O12.C9H12Cl2F2N2O4.C7H14F2N2O2.C6H12F2N2O2.C5H8O4.2CO.CH4.ClH/c1-9-11(34-17(27)32-9)7-30-15(25)22-6-4-5-19(13(20)21,14(24)29-3)23-16(26)31-8-12-10(2)33-18(28)35-12;1-19-6(16)9(5(12)13,15-8(11)18)3-2-4-14-7(10)17;1-13-6(12)7(11,5(8)9)3-2-4-10;7-4(8)6(10,5(11)12)2-1-3-9;1-4(2-3-6)9-5(7)8;2*1-2;;/h13H,4-8H2,1-3H3,(H,22,25)(H,23,26);5H,2-4H2,1H3,(H,14,17)(H,15,18);5H,2-4,10-11H2,1H3;4H,1-3,9-10H2,(H,11,12);2,6H,3H2,1H3,(H,7,8);;;1H4;1H/b;;;;4-2+;;;;. The summed E-state index contributed by atoms with van der Waals surface area (Å²) >= 11 is 9.97. The SMILES string of the molecule is C.C/C(=C\CO)OC(=O)O.COC(=O)C(CCCNC(=O)Cl)(NC(=O)Cl)C(F)F.COC(=O)C(CCCNC(=O)OCc1oc(=O)oc1C)(NC(=O)OCc1oc(=O)oc1C)C(F)F.COC(=O)C(N)(CCCN)C(F)F.Cl.NCCCC(N)(C(=O)O)C(F)F.[C-]#[O+].[C-]#[O+]. The van der Waals surface area contributed by atoms with E-state index < -0.39 is 139 Å². The second kappa shape index (κ2) is 53.4. The molecule has 542 valence electrons. The molecular weight excluding hydrogens is 1370 g/mol. The van der Waals surface area contributed by atoms with E-state index >= 15 is 0 Å². The number of carboxylic acid groups (broad SMARTS) is 2. The third-order valence-electron chi connectivity index (χ3n) is 10.8. The van der Waals surface area contributed by atoms with Crippen molar-refractivity contribution in [1.82, 2.24) is 21.3 Å². The molecule has 0 aliphatic carbocycles. The third-order valence-corrected chi connectivity index (χ3v) is 11.0. The number of allylic oxidation sites excluding steroid dienone is 1. The van der Waals surface area contributed by atoms with Gasteiger partial charge in [0.15, 0.2) is 52.9 Å². The maximum absolute atomic E-state index is 13.9. The molecule has 0 spiro atoms. The van der Waals surface area contributed by atoms with E-state index in [2.05, 4.69) is 60.6 Å². The van der Waals surface area contributed by atoms with Crippen molar-refractivity contribution in [2.75, 3.05) is 54.1 Å². The number of halogens is 11. The van der Waals surface area contributed by atoms with Crippen molar-refractivity contribution >= 4 is 88.6 Å².